The number of nitrogens with one attached hydrogen (secondary N) is 2. The Morgan fingerprint density at radius 2 is 1.52 bits per heavy atom. The van der Waals surface area contributed by atoms with Crippen LogP contribution in [0.3, 0.4) is 0 Å². The second-order valence-electron chi connectivity index (χ2n) is 5.69. The number of carbonyl (C=O) groups excluding carboxylic acids is 3. The number of benzene rings is 2. The first-order valence-electron chi connectivity index (χ1n) is 8.09. The molecule has 0 aromatic heterocycles. The summed E-state index contributed by atoms with van der Waals surface area (Å²) in [5, 5.41) is 6.23. The number of hydrogen-bond acceptors (Lipinski definition) is 4. The molecule has 0 aliphatic heterocycles. The van der Waals surface area contributed by atoms with Crippen LogP contribution in [0.5, 0.6) is 0 Å². The minimum atomic E-state index is -0.716. The Bertz CT molecular complexity index is 807. The van der Waals surface area contributed by atoms with Gasteiger partial charge in [-0.15, -0.1) is 0 Å². The molecule has 142 valence electrons. The lowest BCUT2D eigenvalue weighted by atomic mass is 10.1. The average molecular weight is 409 g/mol. The molecule has 0 aliphatic carbocycles. The number of esters is 1. The largest absolute Gasteiger partial charge is 0.454 e. The van der Waals surface area contributed by atoms with Crippen LogP contribution in [-0.4, -0.2) is 30.9 Å². The van der Waals surface area contributed by atoms with Crippen molar-refractivity contribution in [2.45, 2.75) is 13.0 Å². The second kappa shape index (κ2) is 9.94. The molecule has 2 amide bonds. The normalized spacial score (nSPS) is 11.4. The van der Waals surface area contributed by atoms with Crippen LogP contribution >= 0.6 is 23.2 Å². The molecule has 0 saturated carbocycles. The lowest BCUT2D eigenvalue weighted by Crippen LogP contribution is -2.34. The van der Waals surface area contributed by atoms with E-state index in [1.165, 1.54) is 12.1 Å². The van der Waals surface area contributed by atoms with E-state index in [-0.39, 0.29) is 12.6 Å². The summed E-state index contributed by atoms with van der Waals surface area (Å²) in [7, 11) is 0. The van der Waals surface area contributed by atoms with Crippen LogP contribution < -0.4 is 10.6 Å². The van der Waals surface area contributed by atoms with Crippen molar-refractivity contribution in [3.05, 3.63) is 69.7 Å². The molecule has 2 aromatic carbocycles. The summed E-state index contributed by atoms with van der Waals surface area (Å²) in [6.07, 6.45) is 0. The van der Waals surface area contributed by atoms with Gasteiger partial charge in [0.2, 0.25) is 0 Å². The van der Waals surface area contributed by atoms with Crippen LogP contribution in [0.4, 0.5) is 0 Å². The topological polar surface area (TPSA) is 84.5 Å². The summed E-state index contributed by atoms with van der Waals surface area (Å²) in [6.45, 7) is 1.02. The first-order chi connectivity index (χ1) is 12.8. The second-order valence-corrected chi connectivity index (χ2v) is 6.56. The zero-order chi connectivity index (χ0) is 19.8. The summed E-state index contributed by atoms with van der Waals surface area (Å²) in [5.41, 5.74) is 1.23. The Balaban J connectivity index is 1.71. The lowest BCUT2D eigenvalue weighted by molar-refractivity contribution is -0.147. The summed E-state index contributed by atoms with van der Waals surface area (Å²) < 4.78 is 4.86. The Morgan fingerprint density at radius 1 is 0.963 bits per heavy atom. The molecule has 2 N–H and O–H groups in total. The molecule has 0 fully saturated rings. The highest BCUT2D eigenvalue weighted by Gasteiger charge is 2.13. The van der Waals surface area contributed by atoms with Crippen molar-refractivity contribution in [1.29, 1.82) is 0 Å². The van der Waals surface area contributed by atoms with Crippen molar-refractivity contribution in [3.63, 3.8) is 0 Å². The van der Waals surface area contributed by atoms with Gasteiger partial charge in [-0.1, -0.05) is 35.3 Å². The van der Waals surface area contributed by atoms with Gasteiger partial charge in [-0.25, -0.2) is 0 Å². The van der Waals surface area contributed by atoms with E-state index in [1.807, 2.05) is 0 Å². The number of carbonyl (C=O) groups is 3. The third-order valence-corrected chi connectivity index (χ3v) is 4.12. The molecule has 2 rings (SSSR count). The van der Waals surface area contributed by atoms with Crippen molar-refractivity contribution < 1.29 is 19.1 Å². The van der Waals surface area contributed by atoms with Crippen molar-refractivity contribution in [2.75, 3.05) is 13.2 Å². The van der Waals surface area contributed by atoms with Gasteiger partial charge in [-0.2, -0.15) is 0 Å². The van der Waals surface area contributed by atoms with E-state index >= 15 is 0 Å². The molecule has 0 spiro atoms. The number of hydrogen-bond donors (Lipinski definition) is 2. The molecular weight excluding hydrogens is 391 g/mol. The fourth-order valence-corrected chi connectivity index (χ4v) is 2.42. The Hall–Kier alpha value is -2.57. The van der Waals surface area contributed by atoms with E-state index in [9.17, 15) is 14.4 Å². The first kappa shape index (κ1) is 20.7. The van der Waals surface area contributed by atoms with Crippen molar-refractivity contribution in [2.24, 2.45) is 0 Å². The number of rotatable bonds is 7. The minimum absolute atomic E-state index is 0.266. The molecule has 2 aromatic rings. The van der Waals surface area contributed by atoms with Crippen LogP contribution in [0.25, 0.3) is 0 Å². The quantitative estimate of drug-likeness (QED) is 0.689. The van der Waals surface area contributed by atoms with Gasteiger partial charge in [0.1, 0.15) is 6.54 Å². The number of ether oxygens (including phenoxy) is 1. The molecule has 0 unspecified atom stereocenters. The van der Waals surface area contributed by atoms with E-state index in [1.54, 1.807) is 43.3 Å². The molecule has 6 nitrogen and oxygen atoms in total. The molecule has 0 bridgehead atoms. The van der Waals surface area contributed by atoms with Gasteiger partial charge in [-0.3, -0.25) is 14.4 Å². The molecule has 0 heterocycles. The zero-order valence-electron chi connectivity index (χ0n) is 14.5. The Morgan fingerprint density at radius 3 is 2.11 bits per heavy atom. The fraction of sp³-hybridized carbons (Fsp3) is 0.211. The molecular formula is C19H18Cl2N2O4. The average Bonchev–Trinajstić information content (AvgIpc) is 2.65. The maximum absolute atomic E-state index is 11.9. The zero-order valence-corrected chi connectivity index (χ0v) is 16.0. The predicted octanol–water partition coefficient (Wildman–Crippen LogP) is 3.14. The van der Waals surface area contributed by atoms with Crippen LogP contribution in [0.15, 0.2) is 48.5 Å². The number of halogens is 2. The van der Waals surface area contributed by atoms with Gasteiger partial charge >= 0.3 is 5.97 Å². The van der Waals surface area contributed by atoms with Gasteiger partial charge in [0.25, 0.3) is 11.8 Å². The van der Waals surface area contributed by atoms with Gasteiger partial charge in [-0.05, 0) is 48.9 Å². The summed E-state index contributed by atoms with van der Waals surface area (Å²) in [4.78, 5) is 35.4. The van der Waals surface area contributed by atoms with E-state index < -0.39 is 24.4 Å². The Kier molecular flexibility index (Phi) is 7.64. The van der Waals surface area contributed by atoms with E-state index in [2.05, 4.69) is 10.6 Å². The SMILES string of the molecule is C[C@H](NC(=O)COC(=O)CNC(=O)c1ccc(Cl)cc1)c1ccc(Cl)cc1. The van der Waals surface area contributed by atoms with E-state index in [4.69, 9.17) is 27.9 Å². The molecule has 27 heavy (non-hydrogen) atoms. The van der Waals surface area contributed by atoms with Gasteiger partial charge in [0.15, 0.2) is 6.61 Å². The smallest absolute Gasteiger partial charge is 0.325 e. The van der Waals surface area contributed by atoms with Crippen LogP contribution in [0.1, 0.15) is 28.9 Å². The predicted molar refractivity (Wildman–Crippen MR) is 103 cm³/mol. The van der Waals surface area contributed by atoms with Gasteiger partial charge < -0.3 is 15.4 Å². The van der Waals surface area contributed by atoms with Crippen LogP contribution in [0.2, 0.25) is 10.0 Å². The maximum atomic E-state index is 11.9. The third-order valence-electron chi connectivity index (χ3n) is 3.61. The van der Waals surface area contributed by atoms with Crippen LogP contribution in [0, 0.1) is 0 Å². The standard InChI is InChI=1S/C19H18Cl2N2O4/c1-12(13-2-6-15(20)7-3-13)23-17(24)11-27-18(25)10-22-19(26)14-4-8-16(21)9-5-14/h2-9,12H,10-11H2,1H3,(H,22,26)(H,23,24)/t12-/m0/s1. The molecule has 8 heteroatoms. The third kappa shape index (κ3) is 6.92. The van der Waals surface area contributed by atoms with Crippen molar-refractivity contribution in [1.82, 2.24) is 10.6 Å². The summed E-state index contributed by atoms with van der Waals surface area (Å²) in [6, 6.07) is 13.0. The Labute approximate surface area is 166 Å². The monoisotopic (exact) mass is 408 g/mol. The fourth-order valence-electron chi connectivity index (χ4n) is 2.17. The van der Waals surface area contributed by atoms with E-state index in [0.29, 0.717) is 15.6 Å². The van der Waals surface area contributed by atoms with Crippen molar-refractivity contribution >= 4 is 41.0 Å². The maximum Gasteiger partial charge on any atom is 0.325 e. The van der Waals surface area contributed by atoms with Crippen LogP contribution in [-0.2, 0) is 14.3 Å². The van der Waals surface area contributed by atoms with Gasteiger partial charge in [0, 0.05) is 15.6 Å². The molecule has 0 saturated heterocycles. The molecule has 1 atom stereocenters. The lowest BCUT2D eigenvalue weighted by Gasteiger charge is -2.14. The highest BCUT2D eigenvalue weighted by Crippen LogP contribution is 2.15. The minimum Gasteiger partial charge on any atom is -0.454 e. The molecule has 0 radical (unpaired) electrons. The summed E-state index contributed by atoms with van der Waals surface area (Å²) in [5.74, 6) is -1.61. The highest BCUT2D eigenvalue weighted by molar-refractivity contribution is 6.30. The van der Waals surface area contributed by atoms with Crippen molar-refractivity contribution in [3.8, 4) is 0 Å². The number of amides is 2. The van der Waals surface area contributed by atoms with Gasteiger partial charge in [0.05, 0.1) is 6.04 Å². The summed E-state index contributed by atoms with van der Waals surface area (Å²) >= 11 is 11.6. The highest BCUT2D eigenvalue weighted by atomic mass is 35.5. The van der Waals surface area contributed by atoms with E-state index in [0.717, 1.165) is 5.56 Å². The molecule has 0 aliphatic rings. The first-order valence-corrected chi connectivity index (χ1v) is 8.85.